The van der Waals surface area contributed by atoms with Gasteiger partial charge in [0.05, 0.1) is 12.1 Å². The summed E-state index contributed by atoms with van der Waals surface area (Å²) in [7, 11) is 0. The first-order chi connectivity index (χ1) is 11.3. The van der Waals surface area contributed by atoms with Crippen molar-refractivity contribution in [2.45, 2.75) is 18.3 Å². The maximum absolute atomic E-state index is 13.4. The van der Waals surface area contributed by atoms with E-state index in [9.17, 15) is 23.1 Å². The van der Waals surface area contributed by atoms with Gasteiger partial charge in [0.2, 0.25) is 0 Å². The van der Waals surface area contributed by atoms with Crippen molar-refractivity contribution in [1.82, 2.24) is 9.99 Å². The summed E-state index contributed by atoms with van der Waals surface area (Å²) in [5.41, 5.74) is -3.07. The Balaban J connectivity index is 2.05. The molecule has 0 spiro atoms. The van der Waals surface area contributed by atoms with Gasteiger partial charge in [0.15, 0.2) is 0 Å². The second kappa shape index (κ2) is 5.72. The number of hydrogen-bond acceptors (Lipinski definition) is 4. The van der Waals surface area contributed by atoms with Gasteiger partial charge >= 0.3 is 6.18 Å². The number of halogens is 3. The molecule has 1 aliphatic rings. The number of aromatic nitrogens is 1. The molecule has 24 heavy (non-hydrogen) atoms. The third-order valence-electron chi connectivity index (χ3n) is 3.67. The predicted octanol–water partition coefficient (Wildman–Crippen LogP) is 2.58. The number of aliphatic hydroxyl groups is 1. The van der Waals surface area contributed by atoms with Gasteiger partial charge in [0.25, 0.3) is 11.6 Å². The van der Waals surface area contributed by atoms with Gasteiger partial charge in [0, 0.05) is 23.5 Å². The van der Waals surface area contributed by atoms with E-state index in [4.69, 9.17) is 0 Å². The molecule has 3 rings (SSSR count). The first-order valence-corrected chi connectivity index (χ1v) is 6.99. The van der Waals surface area contributed by atoms with Gasteiger partial charge in [-0.2, -0.15) is 23.3 Å². The number of carbonyl (C=O) groups excluding carboxylic acids is 1. The normalized spacial score (nSPS) is 20.8. The van der Waals surface area contributed by atoms with Gasteiger partial charge in [0.1, 0.15) is 0 Å². The number of carbonyl (C=O) groups is 1. The Bertz CT molecular complexity index is 778. The van der Waals surface area contributed by atoms with Gasteiger partial charge in [-0.15, -0.1) is 0 Å². The Hall–Kier alpha value is -2.74. The molecule has 0 saturated heterocycles. The van der Waals surface area contributed by atoms with Crippen LogP contribution in [0, 0.1) is 0 Å². The number of hydrazone groups is 1. The first-order valence-electron chi connectivity index (χ1n) is 6.99. The lowest BCUT2D eigenvalue weighted by molar-refractivity contribution is -0.297. The summed E-state index contributed by atoms with van der Waals surface area (Å²) in [6.45, 7) is 0. The van der Waals surface area contributed by atoms with Gasteiger partial charge in [-0.25, -0.2) is 0 Å². The van der Waals surface area contributed by atoms with Crippen LogP contribution in [0.3, 0.4) is 0 Å². The summed E-state index contributed by atoms with van der Waals surface area (Å²) in [5, 5.41) is 14.1. The molecular weight excluding hydrogens is 323 g/mol. The second-order valence-electron chi connectivity index (χ2n) is 5.26. The predicted molar refractivity (Wildman–Crippen MR) is 79.0 cm³/mol. The molecule has 0 unspecified atom stereocenters. The summed E-state index contributed by atoms with van der Waals surface area (Å²) in [6.07, 6.45) is -3.12. The van der Waals surface area contributed by atoms with E-state index in [-0.39, 0.29) is 16.3 Å². The number of rotatable bonds is 2. The SMILES string of the molecule is O=C(c1ccccc1)N1N=C(c2ccncc2)C[C@]1(O)C(F)(F)F. The van der Waals surface area contributed by atoms with Gasteiger partial charge < -0.3 is 5.11 Å². The van der Waals surface area contributed by atoms with Gasteiger partial charge in [-0.1, -0.05) is 18.2 Å². The maximum Gasteiger partial charge on any atom is 0.438 e. The Kier molecular flexibility index (Phi) is 3.84. The molecule has 0 fully saturated rings. The molecule has 0 aliphatic carbocycles. The van der Waals surface area contributed by atoms with Crippen LogP contribution in [0.25, 0.3) is 0 Å². The van der Waals surface area contributed by atoms with Crippen molar-refractivity contribution in [3.05, 3.63) is 66.0 Å². The van der Waals surface area contributed by atoms with Crippen LogP contribution < -0.4 is 0 Å². The van der Waals surface area contributed by atoms with E-state index in [1.165, 1.54) is 48.8 Å². The number of alkyl halides is 3. The van der Waals surface area contributed by atoms with Crippen LogP contribution >= 0.6 is 0 Å². The average molecular weight is 335 g/mol. The fourth-order valence-electron chi connectivity index (χ4n) is 2.39. The van der Waals surface area contributed by atoms with Crippen molar-refractivity contribution in [3.8, 4) is 0 Å². The molecule has 2 aromatic rings. The molecular formula is C16H12F3N3O2. The van der Waals surface area contributed by atoms with Gasteiger partial charge in [-0.05, 0) is 24.3 Å². The number of amides is 1. The molecule has 124 valence electrons. The van der Waals surface area contributed by atoms with Gasteiger partial charge in [-0.3, -0.25) is 9.78 Å². The number of nitrogens with zero attached hydrogens (tertiary/aromatic N) is 3. The maximum atomic E-state index is 13.4. The van der Waals surface area contributed by atoms with Crippen molar-refractivity contribution in [2.75, 3.05) is 0 Å². The Morgan fingerprint density at radius 1 is 1.12 bits per heavy atom. The third-order valence-corrected chi connectivity index (χ3v) is 3.67. The molecule has 1 amide bonds. The van der Waals surface area contributed by atoms with Crippen LogP contribution in [0.5, 0.6) is 0 Å². The van der Waals surface area contributed by atoms with Crippen LogP contribution in [0.1, 0.15) is 22.3 Å². The smallest absolute Gasteiger partial charge is 0.362 e. The van der Waals surface area contributed by atoms with Crippen molar-refractivity contribution >= 4 is 11.6 Å². The van der Waals surface area contributed by atoms with E-state index in [0.29, 0.717) is 5.56 Å². The number of hydrogen-bond donors (Lipinski definition) is 1. The molecule has 1 aromatic carbocycles. The summed E-state index contributed by atoms with van der Waals surface area (Å²) < 4.78 is 40.3. The monoisotopic (exact) mass is 335 g/mol. The van der Waals surface area contributed by atoms with E-state index < -0.39 is 24.2 Å². The van der Waals surface area contributed by atoms with Crippen LogP contribution in [0.15, 0.2) is 60.0 Å². The molecule has 0 bridgehead atoms. The minimum atomic E-state index is -5.06. The third kappa shape index (κ3) is 2.65. The van der Waals surface area contributed by atoms with Crippen molar-refractivity contribution in [3.63, 3.8) is 0 Å². The molecule has 2 heterocycles. The number of benzene rings is 1. The average Bonchev–Trinajstić information content (AvgIpc) is 2.95. The van der Waals surface area contributed by atoms with Crippen LogP contribution in [0.4, 0.5) is 13.2 Å². The first kappa shape index (κ1) is 16.1. The zero-order chi connectivity index (χ0) is 17.4. The van der Waals surface area contributed by atoms with Crippen LogP contribution in [-0.4, -0.2) is 38.6 Å². The highest BCUT2D eigenvalue weighted by atomic mass is 19.4. The molecule has 1 aromatic heterocycles. The van der Waals surface area contributed by atoms with Crippen molar-refractivity contribution in [1.29, 1.82) is 0 Å². The lowest BCUT2D eigenvalue weighted by Crippen LogP contribution is -2.56. The molecule has 1 atom stereocenters. The summed E-state index contributed by atoms with van der Waals surface area (Å²) in [6, 6.07) is 10.3. The van der Waals surface area contributed by atoms with Crippen molar-refractivity contribution in [2.24, 2.45) is 5.10 Å². The largest absolute Gasteiger partial charge is 0.438 e. The lowest BCUT2D eigenvalue weighted by Gasteiger charge is -2.32. The fraction of sp³-hybridized carbons (Fsp3) is 0.188. The lowest BCUT2D eigenvalue weighted by atomic mass is 10.0. The minimum Gasteiger partial charge on any atom is -0.362 e. The van der Waals surface area contributed by atoms with E-state index >= 15 is 0 Å². The fourth-order valence-corrected chi connectivity index (χ4v) is 2.39. The zero-order valence-corrected chi connectivity index (χ0v) is 12.2. The van der Waals surface area contributed by atoms with E-state index in [1.807, 2.05) is 0 Å². The quantitative estimate of drug-likeness (QED) is 0.917. The summed E-state index contributed by atoms with van der Waals surface area (Å²) in [5.74, 6) is -1.03. The minimum absolute atomic E-state index is 0.0000895. The molecule has 1 aliphatic heterocycles. The molecule has 1 N–H and O–H groups in total. The number of pyridine rings is 1. The second-order valence-corrected chi connectivity index (χ2v) is 5.26. The summed E-state index contributed by atoms with van der Waals surface area (Å²) in [4.78, 5) is 16.2. The Morgan fingerprint density at radius 2 is 1.75 bits per heavy atom. The molecule has 8 heteroatoms. The van der Waals surface area contributed by atoms with E-state index in [1.54, 1.807) is 6.07 Å². The molecule has 0 saturated carbocycles. The molecule has 0 radical (unpaired) electrons. The molecule has 5 nitrogen and oxygen atoms in total. The topological polar surface area (TPSA) is 65.8 Å². The summed E-state index contributed by atoms with van der Waals surface area (Å²) >= 11 is 0. The van der Waals surface area contributed by atoms with E-state index in [2.05, 4.69) is 10.1 Å². The highest BCUT2D eigenvalue weighted by molar-refractivity contribution is 6.05. The van der Waals surface area contributed by atoms with Crippen molar-refractivity contribution < 1.29 is 23.1 Å². The van der Waals surface area contributed by atoms with E-state index in [0.717, 1.165) is 0 Å². The Morgan fingerprint density at radius 3 is 2.33 bits per heavy atom. The zero-order valence-electron chi connectivity index (χ0n) is 12.2. The van der Waals surface area contributed by atoms with Crippen LogP contribution in [0.2, 0.25) is 0 Å². The highest BCUT2D eigenvalue weighted by Crippen LogP contribution is 2.41. The van der Waals surface area contributed by atoms with Crippen LogP contribution in [-0.2, 0) is 0 Å². The standard InChI is InChI=1S/C16H12F3N3O2/c17-16(18,19)15(24)10-13(11-6-8-20-9-7-11)21-22(15)14(23)12-4-2-1-3-5-12/h1-9,24H,10H2/t15-/m0/s1. The highest BCUT2D eigenvalue weighted by Gasteiger charge is 2.63. The Labute approximate surface area is 135 Å².